The molecule has 2 heteroatoms. The molecule has 0 aliphatic heterocycles. The lowest BCUT2D eigenvalue weighted by Gasteiger charge is -2.07. The molecule has 0 aliphatic rings. The van der Waals surface area contributed by atoms with Gasteiger partial charge in [-0.1, -0.05) is 43.7 Å². The van der Waals surface area contributed by atoms with Crippen molar-refractivity contribution in [2.75, 3.05) is 0 Å². The van der Waals surface area contributed by atoms with Gasteiger partial charge in [0.15, 0.2) is 0 Å². The predicted octanol–water partition coefficient (Wildman–Crippen LogP) is 3.90. The Kier molecular flexibility index (Phi) is 2.63. The highest BCUT2D eigenvalue weighted by atomic mass is 16.4. The summed E-state index contributed by atoms with van der Waals surface area (Å²) in [7, 11) is 0. The van der Waals surface area contributed by atoms with E-state index in [1.54, 1.807) is 6.07 Å². The predicted molar refractivity (Wildman–Crippen MR) is 74.0 cm³/mol. The molecular formula is C16H14O2. The smallest absolute Gasteiger partial charge is 0.336 e. The molecule has 3 rings (SSSR count). The third-order valence-corrected chi connectivity index (χ3v) is 3.23. The third-order valence-electron chi connectivity index (χ3n) is 3.23. The van der Waals surface area contributed by atoms with Gasteiger partial charge in [0.1, 0.15) is 5.58 Å². The molecule has 90 valence electrons. The van der Waals surface area contributed by atoms with E-state index in [-0.39, 0.29) is 5.63 Å². The fourth-order valence-corrected chi connectivity index (χ4v) is 2.49. The maximum atomic E-state index is 11.5. The lowest BCUT2D eigenvalue weighted by molar-refractivity contribution is 0.559. The molecule has 0 fully saturated rings. The summed E-state index contributed by atoms with van der Waals surface area (Å²) in [6, 6.07) is 13.7. The lowest BCUT2D eigenvalue weighted by Crippen LogP contribution is -2.00. The van der Waals surface area contributed by atoms with Crippen LogP contribution in [0.25, 0.3) is 21.7 Å². The average molecular weight is 238 g/mol. The van der Waals surface area contributed by atoms with Crippen molar-refractivity contribution in [3.05, 3.63) is 58.4 Å². The first-order valence-corrected chi connectivity index (χ1v) is 6.24. The summed E-state index contributed by atoms with van der Waals surface area (Å²) >= 11 is 0. The van der Waals surface area contributed by atoms with Crippen LogP contribution in [0, 0.1) is 0 Å². The molecule has 1 heterocycles. The van der Waals surface area contributed by atoms with Crippen LogP contribution in [-0.2, 0) is 6.42 Å². The van der Waals surface area contributed by atoms with Crippen LogP contribution in [0.3, 0.4) is 0 Å². The first kappa shape index (κ1) is 11.0. The number of hydrogen-bond donors (Lipinski definition) is 0. The molecule has 0 atom stereocenters. The second-order valence-corrected chi connectivity index (χ2v) is 4.50. The summed E-state index contributed by atoms with van der Waals surface area (Å²) in [6.07, 6.45) is 1.91. The molecule has 0 aliphatic carbocycles. The molecule has 0 saturated heterocycles. The van der Waals surface area contributed by atoms with Crippen molar-refractivity contribution in [1.82, 2.24) is 0 Å². The van der Waals surface area contributed by atoms with Crippen molar-refractivity contribution in [1.29, 1.82) is 0 Å². The molecule has 0 spiro atoms. The van der Waals surface area contributed by atoms with Crippen molar-refractivity contribution < 1.29 is 4.42 Å². The quantitative estimate of drug-likeness (QED) is 0.500. The Morgan fingerprint density at radius 3 is 2.78 bits per heavy atom. The second-order valence-electron chi connectivity index (χ2n) is 4.50. The van der Waals surface area contributed by atoms with Gasteiger partial charge in [0, 0.05) is 11.5 Å². The fourth-order valence-electron chi connectivity index (χ4n) is 2.49. The molecule has 0 bridgehead atoms. The van der Waals surface area contributed by atoms with Crippen LogP contribution in [0.1, 0.15) is 18.9 Å². The van der Waals surface area contributed by atoms with Gasteiger partial charge in [-0.05, 0) is 28.8 Å². The molecule has 0 N–H and O–H groups in total. The van der Waals surface area contributed by atoms with Gasteiger partial charge in [0.05, 0.1) is 0 Å². The van der Waals surface area contributed by atoms with E-state index in [4.69, 9.17) is 4.42 Å². The van der Waals surface area contributed by atoms with Gasteiger partial charge in [-0.3, -0.25) is 0 Å². The summed E-state index contributed by atoms with van der Waals surface area (Å²) < 4.78 is 5.30. The molecule has 0 amide bonds. The van der Waals surface area contributed by atoms with Crippen LogP contribution in [0.5, 0.6) is 0 Å². The lowest BCUT2D eigenvalue weighted by atomic mass is 9.99. The zero-order valence-electron chi connectivity index (χ0n) is 10.3. The minimum Gasteiger partial charge on any atom is -0.423 e. The van der Waals surface area contributed by atoms with Gasteiger partial charge in [-0.25, -0.2) is 4.79 Å². The van der Waals surface area contributed by atoms with E-state index < -0.39 is 0 Å². The molecule has 18 heavy (non-hydrogen) atoms. The summed E-state index contributed by atoms with van der Waals surface area (Å²) in [5.74, 6) is 0. The minimum absolute atomic E-state index is 0.263. The second kappa shape index (κ2) is 4.30. The standard InChI is InChI=1S/C16H14O2/c1-2-5-12-10-15(17)18-14-9-8-11-6-3-4-7-13(11)16(12)14/h3-4,6-10H,2,5H2,1H3. The van der Waals surface area contributed by atoms with Crippen molar-refractivity contribution in [3.8, 4) is 0 Å². The van der Waals surface area contributed by atoms with E-state index in [0.717, 1.165) is 29.2 Å². The Bertz CT molecular complexity index is 769. The van der Waals surface area contributed by atoms with Gasteiger partial charge in [0.2, 0.25) is 0 Å². The normalized spacial score (nSPS) is 11.2. The molecule has 0 radical (unpaired) electrons. The fraction of sp³-hybridized carbons (Fsp3) is 0.188. The van der Waals surface area contributed by atoms with E-state index in [9.17, 15) is 4.79 Å². The molecule has 0 unspecified atom stereocenters. The van der Waals surface area contributed by atoms with Gasteiger partial charge in [-0.15, -0.1) is 0 Å². The van der Waals surface area contributed by atoms with Gasteiger partial charge < -0.3 is 4.42 Å². The number of benzene rings is 2. The summed E-state index contributed by atoms with van der Waals surface area (Å²) in [5.41, 5.74) is 1.51. The largest absolute Gasteiger partial charge is 0.423 e. The maximum absolute atomic E-state index is 11.5. The molecule has 1 aromatic heterocycles. The Balaban J connectivity index is 2.50. The Morgan fingerprint density at radius 1 is 1.11 bits per heavy atom. The van der Waals surface area contributed by atoms with Crippen LogP contribution >= 0.6 is 0 Å². The molecule has 2 aromatic carbocycles. The summed E-state index contributed by atoms with van der Waals surface area (Å²) in [6.45, 7) is 2.12. The van der Waals surface area contributed by atoms with E-state index in [1.165, 1.54) is 5.39 Å². The SMILES string of the molecule is CCCc1cc(=O)oc2ccc3ccccc3c12. The zero-order valence-corrected chi connectivity index (χ0v) is 10.3. The number of fused-ring (bicyclic) bond motifs is 3. The number of aryl methyl sites for hydroxylation is 1. The first-order valence-electron chi connectivity index (χ1n) is 6.24. The van der Waals surface area contributed by atoms with Gasteiger partial charge in [0.25, 0.3) is 0 Å². The Labute approximate surface area is 105 Å². The van der Waals surface area contributed by atoms with E-state index in [1.807, 2.05) is 24.3 Å². The van der Waals surface area contributed by atoms with Crippen LogP contribution in [0.2, 0.25) is 0 Å². The molecule has 0 saturated carbocycles. The van der Waals surface area contributed by atoms with Gasteiger partial charge >= 0.3 is 5.63 Å². The first-order chi connectivity index (χ1) is 8.79. The Morgan fingerprint density at radius 2 is 1.94 bits per heavy atom. The average Bonchev–Trinajstić information content (AvgIpc) is 2.38. The highest BCUT2D eigenvalue weighted by Crippen LogP contribution is 2.27. The summed E-state index contributed by atoms with van der Waals surface area (Å²) in [5, 5.41) is 3.41. The Hall–Kier alpha value is -2.09. The maximum Gasteiger partial charge on any atom is 0.336 e. The topological polar surface area (TPSA) is 30.2 Å². The minimum atomic E-state index is -0.263. The van der Waals surface area contributed by atoms with Crippen LogP contribution < -0.4 is 5.63 Å². The van der Waals surface area contributed by atoms with Gasteiger partial charge in [-0.2, -0.15) is 0 Å². The van der Waals surface area contributed by atoms with E-state index in [2.05, 4.69) is 19.1 Å². The highest BCUT2D eigenvalue weighted by molar-refractivity contribution is 6.07. The zero-order chi connectivity index (χ0) is 12.5. The summed E-state index contributed by atoms with van der Waals surface area (Å²) in [4.78, 5) is 11.5. The monoisotopic (exact) mass is 238 g/mol. The van der Waals surface area contributed by atoms with Crippen LogP contribution in [0.4, 0.5) is 0 Å². The van der Waals surface area contributed by atoms with Crippen molar-refractivity contribution in [2.24, 2.45) is 0 Å². The van der Waals surface area contributed by atoms with Crippen LogP contribution in [-0.4, -0.2) is 0 Å². The highest BCUT2D eigenvalue weighted by Gasteiger charge is 2.08. The van der Waals surface area contributed by atoms with E-state index in [0.29, 0.717) is 5.58 Å². The molecule has 3 aromatic rings. The molecule has 2 nitrogen and oxygen atoms in total. The van der Waals surface area contributed by atoms with Crippen molar-refractivity contribution in [3.63, 3.8) is 0 Å². The van der Waals surface area contributed by atoms with Crippen molar-refractivity contribution >= 4 is 21.7 Å². The van der Waals surface area contributed by atoms with Crippen LogP contribution in [0.15, 0.2) is 51.7 Å². The van der Waals surface area contributed by atoms with E-state index >= 15 is 0 Å². The number of hydrogen-bond acceptors (Lipinski definition) is 2. The molecular weight excluding hydrogens is 224 g/mol. The van der Waals surface area contributed by atoms with Crippen molar-refractivity contribution in [2.45, 2.75) is 19.8 Å². The third kappa shape index (κ3) is 1.70. The number of rotatable bonds is 2.